The predicted molar refractivity (Wildman–Crippen MR) is 75.9 cm³/mol. The zero-order valence-electron chi connectivity index (χ0n) is 11.3. The predicted octanol–water partition coefficient (Wildman–Crippen LogP) is 0.944. The molecule has 1 saturated heterocycles. The Morgan fingerprint density at radius 2 is 2.21 bits per heavy atom. The number of methoxy groups -OCH3 is 1. The maximum absolute atomic E-state index is 11.5. The van der Waals surface area contributed by atoms with Crippen molar-refractivity contribution in [3.63, 3.8) is 0 Å². The van der Waals surface area contributed by atoms with Gasteiger partial charge in [-0.1, -0.05) is 6.07 Å². The minimum atomic E-state index is -2.89. The molecule has 0 radical (unpaired) electrons. The van der Waals surface area contributed by atoms with E-state index in [0.29, 0.717) is 18.7 Å². The lowest BCUT2D eigenvalue weighted by Crippen LogP contribution is -2.42. The summed E-state index contributed by atoms with van der Waals surface area (Å²) in [6.45, 7) is 2.50. The first-order chi connectivity index (χ1) is 8.84. The number of anilines is 1. The summed E-state index contributed by atoms with van der Waals surface area (Å²) >= 11 is 0. The van der Waals surface area contributed by atoms with E-state index in [4.69, 9.17) is 10.5 Å². The van der Waals surface area contributed by atoms with Crippen LogP contribution in [-0.4, -0.2) is 32.6 Å². The summed E-state index contributed by atoms with van der Waals surface area (Å²) in [4.78, 5) is 0. The topological polar surface area (TPSA) is 81.4 Å². The second-order valence-corrected chi connectivity index (χ2v) is 7.51. The molecule has 0 saturated carbocycles. The second kappa shape index (κ2) is 5.02. The molecule has 0 aromatic heterocycles. The number of nitrogens with two attached hydrogens (primary N) is 1. The van der Waals surface area contributed by atoms with Gasteiger partial charge in [-0.15, -0.1) is 0 Å². The molecule has 0 spiro atoms. The SMILES string of the molecule is COc1ccc(CNC2(C)CCS(=O)(=O)C2)c(N)c1. The van der Waals surface area contributed by atoms with Crippen molar-refractivity contribution in [3.05, 3.63) is 23.8 Å². The van der Waals surface area contributed by atoms with Crippen LogP contribution in [0.3, 0.4) is 0 Å². The van der Waals surface area contributed by atoms with Crippen molar-refractivity contribution in [2.24, 2.45) is 0 Å². The van der Waals surface area contributed by atoms with Crippen LogP contribution in [-0.2, 0) is 16.4 Å². The van der Waals surface area contributed by atoms with Crippen LogP contribution >= 0.6 is 0 Å². The molecule has 1 aliphatic heterocycles. The zero-order valence-corrected chi connectivity index (χ0v) is 12.1. The Kier molecular flexibility index (Phi) is 3.73. The summed E-state index contributed by atoms with van der Waals surface area (Å²) < 4.78 is 28.1. The third kappa shape index (κ3) is 3.39. The Morgan fingerprint density at radius 3 is 2.74 bits per heavy atom. The zero-order chi connectivity index (χ0) is 14.1. The van der Waals surface area contributed by atoms with Crippen LogP contribution in [0.15, 0.2) is 18.2 Å². The van der Waals surface area contributed by atoms with Gasteiger partial charge in [0.1, 0.15) is 5.75 Å². The molecule has 1 heterocycles. The van der Waals surface area contributed by atoms with Gasteiger partial charge in [-0.05, 0) is 25.0 Å². The lowest BCUT2D eigenvalue weighted by molar-refractivity contribution is 0.395. The molecular weight excluding hydrogens is 264 g/mol. The number of hydrogen-bond acceptors (Lipinski definition) is 5. The van der Waals surface area contributed by atoms with Gasteiger partial charge < -0.3 is 15.8 Å². The fourth-order valence-electron chi connectivity index (χ4n) is 2.32. The number of hydrogen-bond donors (Lipinski definition) is 2. The van der Waals surface area contributed by atoms with E-state index in [1.807, 2.05) is 19.1 Å². The molecule has 1 aliphatic rings. The highest BCUT2D eigenvalue weighted by molar-refractivity contribution is 7.91. The number of ether oxygens (including phenoxy) is 1. The molecule has 0 amide bonds. The quantitative estimate of drug-likeness (QED) is 0.804. The van der Waals surface area contributed by atoms with Gasteiger partial charge in [0.05, 0.1) is 18.6 Å². The Hall–Kier alpha value is -1.27. The number of rotatable bonds is 4. The first kappa shape index (κ1) is 14.1. The minimum Gasteiger partial charge on any atom is -0.497 e. The van der Waals surface area contributed by atoms with Gasteiger partial charge in [0, 0.05) is 23.8 Å². The minimum absolute atomic E-state index is 0.191. The first-order valence-electron chi connectivity index (χ1n) is 6.21. The average Bonchev–Trinajstić information content (AvgIpc) is 2.62. The first-order valence-corrected chi connectivity index (χ1v) is 8.04. The second-order valence-electron chi connectivity index (χ2n) is 5.32. The van der Waals surface area contributed by atoms with Gasteiger partial charge in [0.2, 0.25) is 0 Å². The fourth-order valence-corrected chi connectivity index (χ4v) is 4.44. The molecule has 1 aromatic carbocycles. The van der Waals surface area contributed by atoms with Crippen LogP contribution in [0.5, 0.6) is 5.75 Å². The monoisotopic (exact) mass is 284 g/mol. The lowest BCUT2D eigenvalue weighted by Gasteiger charge is -2.24. The Bertz CT molecular complexity index is 571. The van der Waals surface area contributed by atoms with Gasteiger partial charge >= 0.3 is 0 Å². The van der Waals surface area contributed by atoms with E-state index in [1.54, 1.807) is 13.2 Å². The van der Waals surface area contributed by atoms with Crippen molar-refractivity contribution >= 4 is 15.5 Å². The molecule has 6 heteroatoms. The summed E-state index contributed by atoms with van der Waals surface area (Å²) in [6.07, 6.45) is 0.644. The maximum Gasteiger partial charge on any atom is 0.152 e. The highest BCUT2D eigenvalue weighted by Gasteiger charge is 2.37. The van der Waals surface area contributed by atoms with Crippen molar-refractivity contribution < 1.29 is 13.2 Å². The highest BCUT2D eigenvalue weighted by atomic mass is 32.2. The van der Waals surface area contributed by atoms with Crippen molar-refractivity contribution in [1.29, 1.82) is 0 Å². The van der Waals surface area contributed by atoms with E-state index in [0.717, 1.165) is 11.3 Å². The number of benzene rings is 1. The summed E-state index contributed by atoms with van der Waals surface area (Å²) in [5.41, 5.74) is 7.18. The molecule has 3 N–H and O–H groups in total. The van der Waals surface area contributed by atoms with Crippen LogP contribution in [0.2, 0.25) is 0 Å². The number of sulfone groups is 1. The largest absolute Gasteiger partial charge is 0.497 e. The number of nitrogens with one attached hydrogen (secondary N) is 1. The number of nitrogen functional groups attached to an aromatic ring is 1. The summed E-state index contributed by atoms with van der Waals surface area (Å²) in [7, 11) is -1.30. The Labute approximate surface area is 114 Å². The van der Waals surface area contributed by atoms with Crippen LogP contribution in [0.25, 0.3) is 0 Å². The fraction of sp³-hybridized carbons (Fsp3) is 0.538. The third-order valence-corrected chi connectivity index (χ3v) is 5.47. The van der Waals surface area contributed by atoms with E-state index < -0.39 is 9.84 Å². The van der Waals surface area contributed by atoms with E-state index >= 15 is 0 Å². The molecule has 0 bridgehead atoms. The van der Waals surface area contributed by atoms with Gasteiger partial charge in [-0.2, -0.15) is 0 Å². The van der Waals surface area contributed by atoms with Crippen molar-refractivity contribution in [2.75, 3.05) is 24.3 Å². The van der Waals surface area contributed by atoms with Gasteiger partial charge in [0.25, 0.3) is 0 Å². The molecule has 0 aliphatic carbocycles. The molecule has 1 aromatic rings. The molecular formula is C13H20N2O3S. The molecule has 5 nitrogen and oxygen atoms in total. The molecule has 19 heavy (non-hydrogen) atoms. The third-order valence-electron chi connectivity index (χ3n) is 3.56. The average molecular weight is 284 g/mol. The van der Waals surface area contributed by atoms with Crippen molar-refractivity contribution in [1.82, 2.24) is 5.32 Å². The summed E-state index contributed by atoms with van der Waals surface area (Å²) in [5, 5.41) is 3.31. The highest BCUT2D eigenvalue weighted by Crippen LogP contribution is 2.25. The smallest absolute Gasteiger partial charge is 0.152 e. The van der Waals surface area contributed by atoms with E-state index in [1.165, 1.54) is 0 Å². The molecule has 1 atom stereocenters. The maximum atomic E-state index is 11.5. The van der Waals surface area contributed by atoms with E-state index in [2.05, 4.69) is 5.32 Å². The van der Waals surface area contributed by atoms with Crippen LogP contribution in [0.1, 0.15) is 18.9 Å². The summed E-state index contributed by atoms with van der Waals surface area (Å²) in [5.74, 6) is 1.17. The van der Waals surface area contributed by atoms with Gasteiger partial charge in [0.15, 0.2) is 9.84 Å². The van der Waals surface area contributed by atoms with Crippen molar-refractivity contribution in [3.8, 4) is 5.75 Å². The van der Waals surface area contributed by atoms with Crippen LogP contribution in [0, 0.1) is 0 Å². The Morgan fingerprint density at radius 1 is 1.47 bits per heavy atom. The van der Waals surface area contributed by atoms with Crippen molar-refractivity contribution in [2.45, 2.75) is 25.4 Å². The van der Waals surface area contributed by atoms with Crippen LogP contribution < -0.4 is 15.8 Å². The van der Waals surface area contributed by atoms with Gasteiger partial charge in [-0.3, -0.25) is 0 Å². The van der Waals surface area contributed by atoms with E-state index in [-0.39, 0.29) is 17.0 Å². The normalized spacial score (nSPS) is 25.4. The molecule has 106 valence electrons. The molecule has 1 unspecified atom stereocenters. The molecule has 1 fully saturated rings. The van der Waals surface area contributed by atoms with Crippen LogP contribution in [0.4, 0.5) is 5.69 Å². The lowest BCUT2D eigenvalue weighted by atomic mass is 10.0. The Balaban J connectivity index is 2.03. The standard InChI is InChI=1S/C13H20N2O3S/c1-13(5-6-19(16,17)9-13)15-8-10-3-4-11(18-2)7-12(10)14/h3-4,7,15H,5-6,8-9,14H2,1-2H3. The molecule has 2 rings (SSSR count). The summed E-state index contributed by atoms with van der Waals surface area (Å²) in [6, 6.07) is 5.51. The van der Waals surface area contributed by atoms with E-state index in [9.17, 15) is 8.42 Å². The van der Waals surface area contributed by atoms with Gasteiger partial charge in [-0.25, -0.2) is 8.42 Å².